The number of aliphatic hydroxyl groups excluding tert-OH is 1. The average Bonchev–Trinajstić information content (AvgIpc) is 2.32. The standard InChI is InChI=1S/C32H37BN6O3S.C30H32BN7O3S/c1-19-35-23-16-21(17-24(23)36-19)27(28(40)30-37-22-10-6-7-11-26(22)43-30)38-29(41)25-12-14-33-15-13-32(34-2,31(42)39(25)33)18-20-8-4-3-5-9-20;32-29-35-20-14-18(15-21(20)36-29)24(25(39)27-34-19-8-4-5-9-23(19)42-27)37-26(40)22-10-12-31-13-11-30(33,28(41)38(22)31)16-17-6-2-1-3-7-17/h3-11,21,25,27-28,34,40H,12-18H2,1-2H3,(H,35,36)(H,38,41);1-9,18,22,24H,10-16,33H2,(H,37,40)(H3,32,35,36)/t25-,27-,28?,32+;22-,24-,30+/m00/s1. The van der Waals surface area contributed by atoms with Crippen molar-refractivity contribution in [3.63, 3.8) is 0 Å². The second-order valence-electron chi connectivity index (χ2n) is 24.3. The van der Waals surface area contributed by atoms with Crippen LogP contribution in [0.3, 0.4) is 0 Å². The summed E-state index contributed by atoms with van der Waals surface area (Å²) < 4.78 is 1.90. The molecule has 4 fully saturated rings. The number of hydrogen-bond acceptors (Lipinski definition) is 15. The number of ketones is 1. The van der Waals surface area contributed by atoms with Crippen LogP contribution in [0.15, 0.2) is 109 Å². The van der Waals surface area contributed by atoms with E-state index in [0.717, 1.165) is 91.9 Å². The zero-order chi connectivity index (χ0) is 58.7. The quantitative estimate of drug-likeness (QED) is 0.0428. The lowest BCUT2D eigenvalue weighted by Crippen LogP contribution is -2.67. The summed E-state index contributed by atoms with van der Waals surface area (Å²) in [5.74, 6) is -0.00366. The van der Waals surface area contributed by atoms with E-state index in [2.05, 4.69) is 40.9 Å². The Balaban J connectivity index is 0.000000158. The molecule has 8 aromatic rings. The van der Waals surface area contributed by atoms with Crippen LogP contribution in [0.5, 0.6) is 0 Å². The van der Waals surface area contributed by atoms with Crippen molar-refractivity contribution in [1.29, 1.82) is 0 Å². The molecule has 14 rings (SSSR count). The summed E-state index contributed by atoms with van der Waals surface area (Å²) in [6.07, 6.45) is 7.96. The number of rotatable bonds is 15. The molecule has 4 amide bonds. The number of amides is 4. The third-order valence-corrected chi connectivity index (χ3v) is 21.1. The van der Waals surface area contributed by atoms with Crippen LogP contribution in [0.25, 0.3) is 20.4 Å². The Morgan fingerprint density at radius 2 is 1.25 bits per heavy atom. The smallest absolute Gasteiger partial charge is 0.259 e. The molecule has 4 aliphatic heterocycles. The van der Waals surface area contributed by atoms with Crippen molar-refractivity contribution >= 4 is 92.2 Å². The van der Waals surface area contributed by atoms with Crippen molar-refractivity contribution in [2.24, 2.45) is 17.6 Å². The maximum atomic E-state index is 14.2. The van der Waals surface area contributed by atoms with Gasteiger partial charge < -0.3 is 52.1 Å². The van der Waals surface area contributed by atoms with Gasteiger partial charge in [0.25, 0.3) is 13.7 Å². The number of nitrogens with two attached hydrogens (primary N) is 2. The number of nitrogens with one attached hydrogen (secondary N) is 5. The number of aryl methyl sites for hydroxylation is 1. The molecule has 0 bridgehead atoms. The maximum absolute atomic E-state index is 14.2. The number of imidazole rings is 2. The molecule has 6 aliphatic rings. The van der Waals surface area contributed by atoms with Crippen molar-refractivity contribution in [1.82, 2.24) is 55.5 Å². The van der Waals surface area contributed by atoms with Crippen LogP contribution >= 0.6 is 22.7 Å². The van der Waals surface area contributed by atoms with E-state index in [-0.39, 0.29) is 54.9 Å². The van der Waals surface area contributed by atoms with Gasteiger partial charge in [-0.1, -0.05) is 110 Å². The van der Waals surface area contributed by atoms with Gasteiger partial charge >= 0.3 is 0 Å². The molecular weight excluding hydrogens is 1110 g/mol. The minimum Gasteiger partial charge on any atom is -0.384 e. The number of nitrogens with zero attached hydrogens (tertiary/aromatic N) is 6. The molecule has 19 nitrogen and oxygen atoms in total. The normalized spacial score (nSPS) is 23.1. The van der Waals surface area contributed by atoms with E-state index >= 15 is 0 Å². The van der Waals surface area contributed by atoms with E-state index < -0.39 is 41.3 Å². The Labute approximate surface area is 501 Å². The minimum atomic E-state index is -1.07. The average molecular weight is 1180 g/mol. The second kappa shape index (κ2) is 23.0. The Kier molecular flexibility index (Phi) is 15.3. The van der Waals surface area contributed by atoms with Crippen LogP contribution in [-0.4, -0.2) is 130 Å². The Morgan fingerprint density at radius 1 is 0.682 bits per heavy atom. The molecule has 3 unspecified atom stereocenters. The second-order valence-corrected chi connectivity index (χ2v) is 26.4. The summed E-state index contributed by atoms with van der Waals surface area (Å²) in [5.41, 5.74) is 18.2. The first-order valence-corrected chi connectivity index (χ1v) is 31.4. The lowest BCUT2D eigenvalue weighted by atomic mass is 9.51. The molecule has 10 N–H and O–H groups in total. The molecule has 4 saturated heterocycles. The fourth-order valence-corrected chi connectivity index (χ4v) is 16.5. The number of H-pyrrole nitrogens is 2. The van der Waals surface area contributed by atoms with Gasteiger partial charge in [0.2, 0.25) is 29.4 Å². The summed E-state index contributed by atoms with van der Waals surface area (Å²) in [7, 11) is 1.85. The summed E-state index contributed by atoms with van der Waals surface area (Å²) in [6, 6.07) is 32.6. The highest BCUT2D eigenvalue weighted by Crippen LogP contribution is 2.41. The number of aliphatic hydroxyl groups is 1. The number of carbonyl (C=O) groups is 5. The minimum absolute atomic E-state index is 0.00783. The number of Topliss-reactive ketones (excluding diaryl/α,β-unsaturated/α-hetero) is 1. The monoisotopic (exact) mass is 1180 g/mol. The summed E-state index contributed by atoms with van der Waals surface area (Å²) in [5, 5.41) is 22.4. The van der Waals surface area contributed by atoms with E-state index in [1.165, 1.54) is 22.7 Å². The summed E-state index contributed by atoms with van der Waals surface area (Å²) in [6.45, 7) is 1.96. The molecule has 0 radical (unpaired) electrons. The molecule has 8 heterocycles. The topological polar surface area (TPSA) is 283 Å². The largest absolute Gasteiger partial charge is 0.384 e. The highest BCUT2D eigenvalue weighted by Gasteiger charge is 2.56. The first-order chi connectivity index (χ1) is 41.1. The van der Waals surface area contributed by atoms with E-state index in [1.54, 1.807) is 4.81 Å². The van der Waals surface area contributed by atoms with Gasteiger partial charge in [-0.2, -0.15) is 0 Å². The number of carbonyl (C=O) groups excluding carboxylic acids is 5. The number of aromatic nitrogens is 6. The van der Waals surface area contributed by atoms with Crippen LogP contribution in [0.1, 0.15) is 86.3 Å². The number of thiazole rings is 2. The van der Waals surface area contributed by atoms with E-state index in [1.807, 2.05) is 128 Å². The van der Waals surface area contributed by atoms with Crippen LogP contribution in [0, 0.1) is 18.8 Å². The molecule has 0 spiro atoms. The van der Waals surface area contributed by atoms with E-state index in [0.29, 0.717) is 73.8 Å². The Morgan fingerprint density at radius 3 is 1.89 bits per heavy atom. The van der Waals surface area contributed by atoms with Crippen molar-refractivity contribution < 1.29 is 29.1 Å². The third kappa shape index (κ3) is 10.9. The lowest BCUT2D eigenvalue weighted by molar-refractivity contribution is -0.141. The number of anilines is 1. The fourth-order valence-electron chi connectivity index (χ4n) is 14.6. The fraction of sp³-hybridized carbons (Fsp3) is 0.403. The van der Waals surface area contributed by atoms with Gasteiger partial charge in [-0.3, -0.25) is 24.0 Å². The van der Waals surface area contributed by atoms with Crippen molar-refractivity contribution in [3.05, 3.63) is 159 Å². The van der Waals surface area contributed by atoms with Crippen molar-refractivity contribution in [2.45, 2.75) is 138 Å². The molecule has 2 aliphatic carbocycles. The van der Waals surface area contributed by atoms with E-state index in [9.17, 15) is 29.1 Å². The van der Waals surface area contributed by atoms with Crippen molar-refractivity contribution in [2.75, 3.05) is 12.8 Å². The molecule has 0 saturated carbocycles. The van der Waals surface area contributed by atoms with Gasteiger partial charge in [0.05, 0.1) is 61.5 Å². The SMILES string of the molecule is CN[C@@]1(Cc2ccccc2)CCB2CC[C@@H](C(=O)N[C@@H](C3Cc4nc(C)[nH]c4C3)C(O)c3nc4ccccc4s3)N2C1=O.Nc1nc2c([nH]1)CC([C@H](NC(=O)[C@@H]1CCB3CC[C@@](N)(Cc4ccccc4)C(=O)N31)C(=O)c1nc3ccccc3s1)C2. The number of nitrogen functional groups attached to an aromatic ring is 1. The van der Waals surface area contributed by atoms with Gasteiger partial charge in [0.15, 0.2) is 11.0 Å². The first kappa shape index (κ1) is 56.6. The molecule has 23 heteroatoms. The van der Waals surface area contributed by atoms with Crippen LogP contribution in [-0.2, 0) is 57.7 Å². The first-order valence-electron chi connectivity index (χ1n) is 29.8. The Hall–Kier alpha value is -7.56. The molecular formula is C62H69B2N13O6S2. The number of para-hydroxylation sites is 2. The number of hydrogen-bond donors (Lipinski definition) is 8. The zero-order valence-electron chi connectivity index (χ0n) is 47.6. The third-order valence-electron chi connectivity index (χ3n) is 18.9. The van der Waals surface area contributed by atoms with E-state index in [4.69, 9.17) is 16.5 Å². The predicted octanol–water partition coefficient (Wildman–Crippen LogP) is 6.08. The molecule has 9 atom stereocenters. The predicted molar refractivity (Wildman–Crippen MR) is 330 cm³/mol. The number of likely N-dealkylation sites (N-methyl/N-ethyl adjacent to an activating group) is 1. The highest BCUT2D eigenvalue weighted by atomic mass is 32.1. The van der Waals surface area contributed by atoms with Gasteiger partial charge in [-0.25, -0.2) is 19.9 Å². The van der Waals surface area contributed by atoms with Crippen LogP contribution in [0.2, 0.25) is 25.3 Å². The van der Waals surface area contributed by atoms with Crippen LogP contribution in [0.4, 0.5) is 5.95 Å². The lowest BCUT2D eigenvalue weighted by Gasteiger charge is -2.45. The molecule has 4 aromatic heterocycles. The number of fused-ring (bicyclic) bond motifs is 6. The highest BCUT2D eigenvalue weighted by molar-refractivity contribution is 7.20. The van der Waals surface area contributed by atoms with Gasteiger partial charge in [0.1, 0.15) is 22.5 Å². The maximum Gasteiger partial charge on any atom is 0.259 e. The van der Waals surface area contributed by atoms with Crippen LogP contribution < -0.4 is 27.4 Å². The molecule has 85 heavy (non-hydrogen) atoms. The summed E-state index contributed by atoms with van der Waals surface area (Å²) >= 11 is 2.78. The molecule has 4 aromatic carbocycles. The van der Waals surface area contributed by atoms with Gasteiger partial charge in [-0.15, -0.1) is 22.7 Å². The number of aromatic amines is 2. The summed E-state index contributed by atoms with van der Waals surface area (Å²) in [4.78, 5) is 98.7. The zero-order valence-corrected chi connectivity index (χ0v) is 49.3. The van der Waals surface area contributed by atoms with Gasteiger partial charge in [0, 0.05) is 11.4 Å². The molecule has 436 valence electrons. The van der Waals surface area contributed by atoms with Crippen molar-refractivity contribution in [3.8, 4) is 0 Å². The Bertz CT molecular complexity index is 3730. The van der Waals surface area contributed by atoms with Gasteiger partial charge in [-0.05, 0) is 125 Å². The number of benzene rings is 4.